The minimum Gasteiger partial charge on any atom is -0.496 e. The summed E-state index contributed by atoms with van der Waals surface area (Å²) in [7, 11) is 1.74. The Morgan fingerprint density at radius 3 is 2.11 bits per heavy atom. The lowest BCUT2D eigenvalue weighted by atomic mass is 9.48. The fourth-order valence-corrected chi connectivity index (χ4v) is 6.00. The second-order valence-electron chi connectivity index (χ2n) is 7.05. The van der Waals surface area contributed by atoms with E-state index in [4.69, 9.17) is 4.74 Å². The van der Waals surface area contributed by atoms with Crippen LogP contribution >= 0.6 is 15.9 Å². The molecule has 1 nitrogen and oxygen atoms in total. The van der Waals surface area contributed by atoms with E-state index in [1.807, 2.05) is 0 Å². The largest absolute Gasteiger partial charge is 0.496 e. The van der Waals surface area contributed by atoms with Crippen LogP contribution in [-0.2, 0) is 5.41 Å². The van der Waals surface area contributed by atoms with Crippen LogP contribution in [0.15, 0.2) is 22.7 Å². The molecule has 2 heteroatoms. The quantitative estimate of drug-likeness (QED) is 0.751. The van der Waals surface area contributed by atoms with E-state index < -0.39 is 0 Å². The summed E-state index contributed by atoms with van der Waals surface area (Å²) in [5.74, 6) is 3.97. The molecule has 1 aromatic rings. The highest BCUT2D eigenvalue weighted by Crippen LogP contribution is 2.61. The molecular formula is C17H21BrO. The number of halogens is 1. The maximum absolute atomic E-state index is 5.37. The third-order valence-corrected chi connectivity index (χ3v) is 6.42. The van der Waals surface area contributed by atoms with E-state index in [2.05, 4.69) is 34.1 Å². The van der Waals surface area contributed by atoms with Crippen LogP contribution in [0.1, 0.15) is 44.1 Å². The lowest BCUT2D eigenvalue weighted by Gasteiger charge is -2.57. The summed E-state index contributed by atoms with van der Waals surface area (Å²) < 4.78 is 6.49. The molecule has 4 saturated carbocycles. The highest BCUT2D eigenvalue weighted by molar-refractivity contribution is 9.10. The molecule has 0 spiro atoms. The van der Waals surface area contributed by atoms with Crippen molar-refractivity contribution in [2.45, 2.75) is 43.9 Å². The number of ether oxygens (including phenoxy) is 1. The van der Waals surface area contributed by atoms with Crippen LogP contribution in [0.2, 0.25) is 0 Å². The van der Waals surface area contributed by atoms with Gasteiger partial charge < -0.3 is 4.74 Å². The van der Waals surface area contributed by atoms with E-state index in [1.165, 1.54) is 38.5 Å². The molecule has 0 atom stereocenters. The molecule has 4 aliphatic carbocycles. The summed E-state index contributed by atoms with van der Waals surface area (Å²) in [6.45, 7) is 0. The Balaban J connectivity index is 1.73. The summed E-state index contributed by atoms with van der Waals surface area (Å²) in [6.07, 6.45) is 8.82. The van der Waals surface area contributed by atoms with Gasteiger partial charge in [-0.2, -0.15) is 0 Å². The first-order valence-electron chi connectivity index (χ1n) is 7.52. The molecule has 0 aromatic heterocycles. The smallest absolute Gasteiger partial charge is 0.133 e. The Labute approximate surface area is 123 Å². The Morgan fingerprint density at radius 2 is 1.63 bits per heavy atom. The third-order valence-electron chi connectivity index (χ3n) is 5.80. The van der Waals surface area contributed by atoms with Crippen molar-refractivity contribution in [1.82, 2.24) is 0 Å². The molecule has 0 aliphatic heterocycles. The predicted molar refractivity (Wildman–Crippen MR) is 80.5 cm³/mol. The minimum absolute atomic E-state index is 0.490. The molecule has 1 aromatic carbocycles. The number of hydrogen-bond acceptors (Lipinski definition) is 1. The fourth-order valence-electron chi connectivity index (χ4n) is 5.46. The van der Waals surface area contributed by atoms with Gasteiger partial charge in [-0.1, -0.05) is 6.07 Å². The van der Waals surface area contributed by atoms with Crippen molar-refractivity contribution in [1.29, 1.82) is 0 Å². The van der Waals surface area contributed by atoms with Crippen LogP contribution in [0.3, 0.4) is 0 Å². The third kappa shape index (κ3) is 1.86. The van der Waals surface area contributed by atoms with Crippen LogP contribution in [0.5, 0.6) is 5.75 Å². The van der Waals surface area contributed by atoms with Gasteiger partial charge in [-0.25, -0.2) is 0 Å². The van der Waals surface area contributed by atoms with Gasteiger partial charge in [0.25, 0.3) is 0 Å². The van der Waals surface area contributed by atoms with Crippen LogP contribution in [0.25, 0.3) is 0 Å². The van der Waals surface area contributed by atoms with Gasteiger partial charge in [0.05, 0.1) is 11.6 Å². The van der Waals surface area contributed by atoms with E-state index in [9.17, 15) is 0 Å². The zero-order valence-electron chi connectivity index (χ0n) is 11.5. The molecule has 0 N–H and O–H groups in total. The van der Waals surface area contributed by atoms with Crippen molar-refractivity contribution >= 4 is 15.9 Å². The van der Waals surface area contributed by atoms with Crippen molar-refractivity contribution < 1.29 is 4.74 Å². The maximum Gasteiger partial charge on any atom is 0.133 e. The first-order chi connectivity index (χ1) is 9.18. The zero-order chi connectivity index (χ0) is 13.0. The number of rotatable bonds is 2. The van der Waals surface area contributed by atoms with Gasteiger partial charge in [0, 0.05) is 0 Å². The first-order valence-corrected chi connectivity index (χ1v) is 8.32. The van der Waals surface area contributed by atoms with Crippen molar-refractivity contribution in [2.24, 2.45) is 17.8 Å². The molecule has 4 bridgehead atoms. The molecule has 102 valence electrons. The molecule has 0 heterocycles. The molecule has 0 radical (unpaired) electrons. The second-order valence-corrected chi connectivity index (χ2v) is 7.90. The summed E-state index contributed by atoms with van der Waals surface area (Å²) in [5.41, 5.74) is 2.04. The lowest BCUT2D eigenvalue weighted by Crippen LogP contribution is -2.48. The lowest BCUT2D eigenvalue weighted by molar-refractivity contribution is -0.00522. The van der Waals surface area contributed by atoms with E-state index in [0.29, 0.717) is 5.41 Å². The SMILES string of the molecule is COc1ccc(C23CC4CC(CC(C4)C2)C3)cc1Br. The standard InChI is InChI=1S/C17H21BrO/c1-19-16-3-2-14(7-15(16)18)17-8-11-4-12(9-17)6-13(5-11)10-17/h2-3,7,11-13H,4-6,8-10H2,1H3. The Bertz CT molecular complexity index is 473. The number of hydrogen-bond donors (Lipinski definition) is 0. The van der Waals surface area contributed by atoms with Gasteiger partial charge in [0.1, 0.15) is 5.75 Å². The molecular weight excluding hydrogens is 300 g/mol. The Morgan fingerprint density at radius 1 is 1.05 bits per heavy atom. The van der Waals surface area contributed by atoms with Crippen LogP contribution in [-0.4, -0.2) is 7.11 Å². The molecule has 5 rings (SSSR count). The van der Waals surface area contributed by atoms with E-state index in [0.717, 1.165) is 28.0 Å². The molecule has 4 fully saturated rings. The van der Waals surface area contributed by atoms with Crippen molar-refractivity contribution in [3.8, 4) is 5.75 Å². The molecule has 4 aliphatic rings. The fraction of sp³-hybridized carbons (Fsp3) is 0.647. The monoisotopic (exact) mass is 320 g/mol. The Kier molecular flexibility index (Phi) is 2.74. The summed E-state index contributed by atoms with van der Waals surface area (Å²) in [4.78, 5) is 0. The van der Waals surface area contributed by atoms with Gasteiger partial charge in [0.2, 0.25) is 0 Å². The summed E-state index contributed by atoms with van der Waals surface area (Å²) >= 11 is 3.66. The van der Waals surface area contributed by atoms with Gasteiger partial charge >= 0.3 is 0 Å². The van der Waals surface area contributed by atoms with Crippen LogP contribution < -0.4 is 4.74 Å². The predicted octanol–water partition coefficient (Wildman–Crippen LogP) is 4.93. The first kappa shape index (κ1) is 12.3. The highest BCUT2D eigenvalue weighted by Gasteiger charge is 2.51. The van der Waals surface area contributed by atoms with Crippen molar-refractivity contribution in [2.75, 3.05) is 7.11 Å². The number of methoxy groups -OCH3 is 1. The van der Waals surface area contributed by atoms with Gasteiger partial charge in [-0.15, -0.1) is 0 Å². The average Bonchev–Trinajstić information content (AvgIpc) is 2.37. The van der Waals surface area contributed by atoms with Crippen molar-refractivity contribution in [3.63, 3.8) is 0 Å². The van der Waals surface area contributed by atoms with E-state index >= 15 is 0 Å². The van der Waals surface area contributed by atoms with Crippen LogP contribution in [0.4, 0.5) is 0 Å². The molecule has 19 heavy (non-hydrogen) atoms. The molecule has 0 unspecified atom stereocenters. The topological polar surface area (TPSA) is 9.23 Å². The minimum atomic E-state index is 0.490. The summed E-state index contributed by atoms with van der Waals surface area (Å²) in [5, 5.41) is 0. The summed E-state index contributed by atoms with van der Waals surface area (Å²) in [6, 6.07) is 6.78. The van der Waals surface area contributed by atoms with Crippen molar-refractivity contribution in [3.05, 3.63) is 28.2 Å². The van der Waals surface area contributed by atoms with E-state index in [-0.39, 0.29) is 0 Å². The molecule has 0 saturated heterocycles. The maximum atomic E-state index is 5.37. The highest BCUT2D eigenvalue weighted by atomic mass is 79.9. The van der Waals surface area contributed by atoms with Gasteiger partial charge in [0.15, 0.2) is 0 Å². The Hall–Kier alpha value is -0.500. The average molecular weight is 321 g/mol. The normalized spacial score (nSPS) is 39.6. The van der Waals surface area contributed by atoms with Gasteiger partial charge in [-0.3, -0.25) is 0 Å². The van der Waals surface area contributed by atoms with E-state index in [1.54, 1.807) is 12.7 Å². The van der Waals surface area contributed by atoms with Crippen LogP contribution in [0, 0.1) is 17.8 Å². The molecule has 0 amide bonds. The van der Waals surface area contributed by atoms with Gasteiger partial charge in [-0.05, 0) is 95.3 Å². The zero-order valence-corrected chi connectivity index (χ0v) is 13.1. The second kappa shape index (κ2) is 4.25. The number of benzene rings is 1.